The topological polar surface area (TPSA) is 116 Å². The summed E-state index contributed by atoms with van der Waals surface area (Å²) in [5.41, 5.74) is 2.39. The minimum atomic E-state index is -4.34. The maximum atomic E-state index is 14.5. The van der Waals surface area contributed by atoms with Crippen molar-refractivity contribution in [1.82, 2.24) is 34.4 Å². The number of likely N-dealkylation sites (tertiary alicyclic amines) is 1. The number of Topliss-reactive ketones (excluding diaryl/α,β-unsaturated/α-hetero) is 2. The average Bonchev–Trinajstić information content (AvgIpc) is 3.64. The van der Waals surface area contributed by atoms with Crippen LogP contribution in [0.4, 0.5) is 17.6 Å². The molecule has 4 heterocycles. The number of rotatable bonds is 9. The van der Waals surface area contributed by atoms with Gasteiger partial charge in [-0.3, -0.25) is 23.7 Å². The lowest BCUT2D eigenvalue weighted by Crippen LogP contribution is -2.43. The van der Waals surface area contributed by atoms with Gasteiger partial charge in [-0.15, -0.1) is 0 Å². The number of alkyl halides is 4. The summed E-state index contributed by atoms with van der Waals surface area (Å²) in [5.74, 6) is -0.722. The zero-order chi connectivity index (χ0) is 30.2. The van der Waals surface area contributed by atoms with Gasteiger partial charge in [0.05, 0.1) is 36.6 Å². The number of amides is 1. The number of carbonyl (C=O) groups excluding carboxylic acids is 3. The molecule has 0 saturated carbocycles. The molecule has 0 bridgehead atoms. The van der Waals surface area contributed by atoms with E-state index in [1.807, 2.05) is 0 Å². The van der Waals surface area contributed by atoms with Crippen LogP contribution < -0.4 is 0 Å². The van der Waals surface area contributed by atoms with Crippen molar-refractivity contribution >= 4 is 28.4 Å². The van der Waals surface area contributed by atoms with Gasteiger partial charge in [-0.05, 0) is 30.7 Å². The van der Waals surface area contributed by atoms with Crippen LogP contribution in [0.3, 0.4) is 0 Å². The number of hydrogen-bond acceptors (Lipinski definition) is 7. The lowest BCUT2D eigenvalue weighted by Gasteiger charge is -2.23. The maximum absolute atomic E-state index is 14.5. The highest BCUT2D eigenvalue weighted by Crippen LogP contribution is 2.28. The molecule has 42 heavy (non-hydrogen) atoms. The van der Waals surface area contributed by atoms with Crippen LogP contribution in [0.5, 0.6) is 0 Å². The molecule has 0 unspecified atom stereocenters. The van der Waals surface area contributed by atoms with Gasteiger partial charge >= 0.3 is 6.18 Å². The lowest BCUT2D eigenvalue weighted by molar-refractivity contribution is -0.138. The molecule has 1 fully saturated rings. The first kappa shape index (κ1) is 29.0. The van der Waals surface area contributed by atoms with E-state index in [9.17, 15) is 31.9 Å². The number of aromatic nitrogens is 6. The predicted octanol–water partition coefficient (Wildman–Crippen LogP) is 3.90. The van der Waals surface area contributed by atoms with Crippen LogP contribution in [0, 0.1) is 6.92 Å². The monoisotopic (exact) mass is 585 g/mol. The third kappa shape index (κ3) is 6.37. The molecule has 1 aliphatic heterocycles. The number of ketones is 2. The predicted molar refractivity (Wildman–Crippen MR) is 142 cm³/mol. The first-order valence-corrected chi connectivity index (χ1v) is 13.2. The minimum Gasteiger partial charge on any atom is -0.328 e. The highest BCUT2D eigenvalue weighted by atomic mass is 19.4. The Labute approximate surface area is 237 Å². The summed E-state index contributed by atoms with van der Waals surface area (Å²) in [6.45, 7) is 2.12. The smallest absolute Gasteiger partial charge is 0.328 e. The third-order valence-electron chi connectivity index (χ3n) is 7.10. The lowest BCUT2D eigenvalue weighted by atomic mass is 10.0. The molecule has 2 atom stereocenters. The van der Waals surface area contributed by atoms with Gasteiger partial charge in [-0.2, -0.15) is 23.4 Å². The molecule has 0 aliphatic carbocycles. The normalized spacial score (nSPS) is 17.2. The van der Waals surface area contributed by atoms with Crippen molar-refractivity contribution in [2.24, 2.45) is 0 Å². The van der Waals surface area contributed by atoms with E-state index in [4.69, 9.17) is 0 Å². The van der Waals surface area contributed by atoms with E-state index in [1.54, 1.807) is 37.5 Å². The van der Waals surface area contributed by atoms with E-state index >= 15 is 0 Å². The molecule has 1 saturated heterocycles. The molecule has 0 radical (unpaired) electrons. The fourth-order valence-electron chi connectivity index (χ4n) is 5.03. The number of halogens is 4. The second-order valence-corrected chi connectivity index (χ2v) is 10.3. The Morgan fingerprint density at radius 3 is 2.48 bits per heavy atom. The van der Waals surface area contributed by atoms with Crippen molar-refractivity contribution in [2.45, 2.75) is 64.6 Å². The van der Waals surface area contributed by atoms with Crippen LogP contribution in [0.15, 0.2) is 42.9 Å². The summed E-state index contributed by atoms with van der Waals surface area (Å²) in [7, 11) is 0. The first-order valence-electron chi connectivity index (χ1n) is 13.2. The van der Waals surface area contributed by atoms with E-state index in [2.05, 4.69) is 20.2 Å². The first-order chi connectivity index (χ1) is 19.9. The van der Waals surface area contributed by atoms with Crippen molar-refractivity contribution < 1.29 is 31.9 Å². The Morgan fingerprint density at radius 1 is 1.05 bits per heavy atom. The summed E-state index contributed by atoms with van der Waals surface area (Å²) >= 11 is 0. The Bertz CT molecular complexity index is 1650. The number of fused-ring (bicyclic) bond motifs is 1. The zero-order valence-electron chi connectivity index (χ0n) is 22.8. The molecule has 1 aliphatic rings. The fraction of sp³-hybridized carbons (Fsp3) is 0.393. The van der Waals surface area contributed by atoms with E-state index < -0.39 is 43.0 Å². The van der Waals surface area contributed by atoms with E-state index in [0.29, 0.717) is 16.7 Å². The Morgan fingerprint density at radius 2 is 1.79 bits per heavy atom. The van der Waals surface area contributed by atoms with Crippen LogP contribution in [-0.4, -0.2) is 76.8 Å². The Kier molecular flexibility index (Phi) is 7.89. The Hall–Kier alpha value is -4.49. The molecule has 0 N–H and O–H groups in total. The van der Waals surface area contributed by atoms with Crippen molar-refractivity contribution in [2.75, 3.05) is 6.54 Å². The fourth-order valence-corrected chi connectivity index (χ4v) is 5.03. The average molecular weight is 586 g/mol. The summed E-state index contributed by atoms with van der Waals surface area (Å²) in [4.78, 5) is 48.4. The molecular weight excluding hydrogens is 558 g/mol. The molecule has 0 spiro atoms. The SMILES string of the molecule is CC(=O)c1nn(CC(=O)N2C[C@H](F)C[C@H]2C(=O)Cc2ccn(CCC(F)(F)F)n2)c2ccc(-c3cnc(C)nc3)cc12. The second kappa shape index (κ2) is 11.4. The summed E-state index contributed by atoms with van der Waals surface area (Å²) in [5, 5.41) is 8.89. The Balaban J connectivity index is 1.33. The molecule has 10 nitrogen and oxygen atoms in total. The highest BCUT2D eigenvalue weighted by Gasteiger charge is 2.40. The van der Waals surface area contributed by atoms with E-state index in [0.717, 1.165) is 20.7 Å². The quantitative estimate of drug-likeness (QED) is 0.216. The van der Waals surface area contributed by atoms with Crippen LogP contribution in [0.2, 0.25) is 0 Å². The van der Waals surface area contributed by atoms with Crippen LogP contribution >= 0.6 is 0 Å². The van der Waals surface area contributed by atoms with Gasteiger partial charge in [0, 0.05) is 49.4 Å². The number of hydrogen-bond donors (Lipinski definition) is 0. The molecule has 5 rings (SSSR count). The highest BCUT2D eigenvalue weighted by molar-refractivity contribution is 6.06. The molecule has 3 aromatic heterocycles. The van der Waals surface area contributed by atoms with Gasteiger partial charge in [-0.25, -0.2) is 14.4 Å². The summed E-state index contributed by atoms with van der Waals surface area (Å²) in [6, 6.07) is 5.64. The maximum Gasteiger partial charge on any atom is 0.390 e. The standard InChI is InChI=1S/C28H27F4N7O3/c1-16(40)27-22-9-18(19-12-33-17(2)34-13-19)3-4-23(22)39(36-27)15-26(42)38-14-20(29)10-24(38)25(41)11-21-5-7-37(35-21)8-6-28(30,31)32/h3-5,7,9,12-13,20,24H,6,8,10-11,14-15H2,1-2H3/t20-,24+/m1/s1. The van der Waals surface area contributed by atoms with Crippen molar-refractivity contribution in [3.05, 3.63) is 60.1 Å². The summed E-state index contributed by atoms with van der Waals surface area (Å²) < 4.78 is 54.5. The molecule has 4 aromatic rings. The van der Waals surface area contributed by atoms with Crippen molar-refractivity contribution in [3.8, 4) is 11.1 Å². The minimum absolute atomic E-state index is 0.159. The molecular formula is C28H27F4N7O3. The number of carbonyl (C=O) groups is 3. The van der Waals surface area contributed by atoms with Crippen LogP contribution in [0.1, 0.15) is 41.8 Å². The molecule has 1 aromatic carbocycles. The van der Waals surface area contributed by atoms with Crippen LogP contribution in [0.25, 0.3) is 22.0 Å². The van der Waals surface area contributed by atoms with Crippen molar-refractivity contribution in [1.29, 1.82) is 0 Å². The zero-order valence-corrected chi connectivity index (χ0v) is 22.8. The van der Waals surface area contributed by atoms with Crippen LogP contribution in [-0.2, 0) is 29.1 Å². The van der Waals surface area contributed by atoms with E-state index in [-0.39, 0.29) is 43.1 Å². The second-order valence-electron chi connectivity index (χ2n) is 10.3. The van der Waals surface area contributed by atoms with Gasteiger partial charge in [0.25, 0.3) is 0 Å². The van der Waals surface area contributed by atoms with Gasteiger partial charge in [0.15, 0.2) is 11.6 Å². The van der Waals surface area contributed by atoms with Gasteiger partial charge in [-0.1, -0.05) is 6.07 Å². The third-order valence-corrected chi connectivity index (χ3v) is 7.10. The van der Waals surface area contributed by atoms with Gasteiger partial charge < -0.3 is 4.90 Å². The molecule has 1 amide bonds. The number of aryl methyl sites for hydroxylation is 2. The molecule has 14 heteroatoms. The van der Waals surface area contributed by atoms with E-state index in [1.165, 1.54) is 23.9 Å². The summed E-state index contributed by atoms with van der Waals surface area (Å²) in [6.07, 6.45) is -2.61. The van der Waals surface area contributed by atoms with Gasteiger partial charge in [0.1, 0.15) is 24.2 Å². The largest absolute Gasteiger partial charge is 0.390 e. The molecule has 220 valence electrons. The number of nitrogens with zero attached hydrogens (tertiary/aromatic N) is 7. The number of benzene rings is 1. The van der Waals surface area contributed by atoms with Crippen molar-refractivity contribution in [3.63, 3.8) is 0 Å². The van der Waals surface area contributed by atoms with Gasteiger partial charge in [0.2, 0.25) is 5.91 Å².